The highest BCUT2D eigenvalue weighted by Gasteiger charge is 2.13. The zero-order chi connectivity index (χ0) is 11.0. The predicted octanol–water partition coefficient (Wildman–Crippen LogP) is 2.39. The number of rotatable bonds is 2. The van der Waals surface area contributed by atoms with Crippen LogP contribution in [0.15, 0.2) is 10.8 Å². The zero-order valence-electron chi connectivity index (χ0n) is 9.03. The van der Waals surface area contributed by atoms with Crippen molar-refractivity contribution in [2.75, 3.05) is 0 Å². The van der Waals surface area contributed by atoms with Gasteiger partial charge in [-0.15, -0.1) is 10.2 Å². The normalized spacial score (nSPS) is 11.5. The van der Waals surface area contributed by atoms with E-state index in [2.05, 4.69) is 45.1 Å². The molecule has 0 amide bonds. The Morgan fingerprint density at radius 3 is 2.87 bits per heavy atom. The standard InChI is InChI=1S/C10H13BrN4/c1-6(2)4-8-9(11)7(3)14-15-5-12-13-10(8)15/h5-6H,4H2,1-3H3. The number of nitrogens with zero attached hydrogens (tertiary/aromatic N) is 4. The summed E-state index contributed by atoms with van der Waals surface area (Å²) in [6.07, 6.45) is 2.62. The monoisotopic (exact) mass is 268 g/mol. The van der Waals surface area contributed by atoms with Gasteiger partial charge in [0.1, 0.15) is 6.33 Å². The molecular weight excluding hydrogens is 256 g/mol. The fourth-order valence-corrected chi connectivity index (χ4v) is 2.03. The molecule has 2 aromatic rings. The van der Waals surface area contributed by atoms with Crippen molar-refractivity contribution in [3.05, 3.63) is 22.1 Å². The summed E-state index contributed by atoms with van der Waals surface area (Å²) in [7, 11) is 0. The van der Waals surface area contributed by atoms with Gasteiger partial charge >= 0.3 is 0 Å². The zero-order valence-corrected chi connectivity index (χ0v) is 10.6. The van der Waals surface area contributed by atoms with E-state index in [1.165, 1.54) is 5.56 Å². The molecule has 0 aliphatic carbocycles. The highest BCUT2D eigenvalue weighted by molar-refractivity contribution is 9.10. The van der Waals surface area contributed by atoms with Crippen LogP contribution >= 0.6 is 15.9 Å². The van der Waals surface area contributed by atoms with Gasteiger partial charge < -0.3 is 0 Å². The highest BCUT2D eigenvalue weighted by atomic mass is 79.9. The van der Waals surface area contributed by atoms with Crippen LogP contribution in [0.4, 0.5) is 0 Å². The van der Waals surface area contributed by atoms with Crippen LogP contribution in [0.1, 0.15) is 25.1 Å². The minimum absolute atomic E-state index is 0.587. The summed E-state index contributed by atoms with van der Waals surface area (Å²) in [5, 5.41) is 12.3. The predicted molar refractivity (Wildman–Crippen MR) is 61.8 cm³/mol. The summed E-state index contributed by atoms with van der Waals surface area (Å²) >= 11 is 3.57. The third-order valence-corrected chi connectivity index (χ3v) is 3.31. The molecule has 0 aliphatic heterocycles. The number of hydrogen-bond donors (Lipinski definition) is 0. The average Bonchev–Trinajstić information content (AvgIpc) is 2.59. The maximum atomic E-state index is 4.35. The van der Waals surface area contributed by atoms with E-state index in [1.807, 2.05) is 6.92 Å². The molecule has 15 heavy (non-hydrogen) atoms. The molecule has 0 aromatic carbocycles. The molecule has 2 aromatic heterocycles. The SMILES string of the molecule is Cc1nn2cnnc2c(CC(C)C)c1Br. The van der Waals surface area contributed by atoms with Crippen LogP contribution in [0.2, 0.25) is 0 Å². The summed E-state index contributed by atoms with van der Waals surface area (Å²) in [6.45, 7) is 6.36. The van der Waals surface area contributed by atoms with E-state index in [9.17, 15) is 0 Å². The molecule has 0 saturated heterocycles. The second-order valence-electron chi connectivity index (χ2n) is 4.08. The molecule has 80 valence electrons. The number of aromatic nitrogens is 4. The van der Waals surface area contributed by atoms with Crippen LogP contribution in [-0.2, 0) is 6.42 Å². The lowest BCUT2D eigenvalue weighted by Crippen LogP contribution is -2.04. The quantitative estimate of drug-likeness (QED) is 0.840. The number of halogens is 1. The highest BCUT2D eigenvalue weighted by Crippen LogP contribution is 2.25. The first-order valence-electron chi connectivity index (χ1n) is 4.94. The maximum Gasteiger partial charge on any atom is 0.181 e. The molecule has 0 atom stereocenters. The maximum absolute atomic E-state index is 4.35. The number of hydrogen-bond acceptors (Lipinski definition) is 3. The largest absolute Gasteiger partial charge is 0.200 e. The van der Waals surface area contributed by atoms with E-state index in [4.69, 9.17) is 0 Å². The van der Waals surface area contributed by atoms with Gasteiger partial charge in [-0.25, -0.2) is 0 Å². The van der Waals surface area contributed by atoms with Crippen molar-refractivity contribution in [3.8, 4) is 0 Å². The van der Waals surface area contributed by atoms with Gasteiger partial charge in [0.05, 0.1) is 5.69 Å². The van der Waals surface area contributed by atoms with Gasteiger partial charge in [0.15, 0.2) is 5.65 Å². The molecule has 2 rings (SSSR count). The Morgan fingerprint density at radius 2 is 2.20 bits per heavy atom. The Morgan fingerprint density at radius 1 is 1.47 bits per heavy atom. The molecule has 0 N–H and O–H groups in total. The molecule has 4 nitrogen and oxygen atoms in total. The lowest BCUT2D eigenvalue weighted by atomic mass is 10.0. The van der Waals surface area contributed by atoms with Gasteiger partial charge in [-0.3, -0.25) is 0 Å². The summed E-state index contributed by atoms with van der Waals surface area (Å²) in [6, 6.07) is 0. The van der Waals surface area contributed by atoms with Crippen molar-refractivity contribution in [1.29, 1.82) is 0 Å². The van der Waals surface area contributed by atoms with Crippen LogP contribution in [0.5, 0.6) is 0 Å². The van der Waals surface area contributed by atoms with E-state index >= 15 is 0 Å². The van der Waals surface area contributed by atoms with E-state index in [0.29, 0.717) is 5.92 Å². The lowest BCUT2D eigenvalue weighted by Gasteiger charge is -2.09. The smallest absolute Gasteiger partial charge is 0.181 e. The molecule has 5 heteroatoms. The number of aryl methyl sites for hydroxylation is 1. The molecule has 0 fully saturated rings. The second kappa shape index (κ2) is 3.89. The Kier molecular flexibility index (Phi) is 2.73. The second-order valence-corrected chi connectivity index (χ2v) is 4.87. The summed E-state index contributed by atoms with van der Waals surface area (Å²) in [4.78, 5) is 0. The fourth-order valence-electron chi connectivity index (χ4n) is 1.61. The molecule has 0 radical (unpaired) electrons. The summed E-state index contributed by atoms with van der Waals surface area (Å²) < 4.78 is 2.79. The third kappa shape index (κ3) is 1.88. The van der Waals surface area contributed by atoms with Crippen molar-refractivity contribution in [3.63, 3.8) is 0 Å². The Hall–Kier alpha value is -0.970. The number of fused-ring (bicyclic) bond motifs is 1. The van der Waals surface area contributed by atoms with Gasteiger partial charge in [-0.2, -0.15) is 9.61 Å². The van der Waals surface area contributed by atoms with Gasteiger partial charge in [-0.05, 0) is 35.2 Å². The van der Waals surface area contributed by atoms with Crippen molar-refractivity contribution >= 4 is 21.6 Å². The minimum Gasteiger partial charge on any atom is -0.200 e. The van der Waals surface area contributed by atoms with Crippen LogP contribution < -0.4 is 0 Å². The molecule has 0 bridgehead atoms. The van der Waals surface area contributed by atoms with Gasteiger partial charge in [0.25, 0.3) is 0 Å². The summed E-state index contributed by atoms with van der Waals surface area (Å²) in [5.74, 6) is 0.587. The molecule has 0 aliphatic rings. The Balaban J connectivity index is 2.66. The van der Waals surface area contributed by atoms with Crippen molar-refractivity contribution in [2.45, 2.75) is 27.2 Å². The van der Waals surface area contributed by atoms with Crippen LogP contribution in [-0.4, -0.2) is 19.8 Å². The van der Waals surface area contributed by atoms with Crippen molar-refractivity contribution in [2.24, 2.45) is 5.92 Å². The topological polar surface area (TPSA) is 43.1 Å². The minimum atomic E-state index is 0.587. The third-order valence-electron chi connectivity index (χ3n) is 2.25. The first-order chi connectivity index (χ1) is 7.09. The molecule has 0 unspecified atom stereocenters. The molecular formula is C10H13BrN4. The molecule has 2 heterocycles. The summed E-state index contributed by atoms with van der Waals surface area (Å²) in [5.41, 5.74) is 3.01. The van der Waals surface area contributed by atoms with E-state index in [1.54, 1.807) is 10.8 Å². The van der Waals surface area contributed by atoms with Crippen molar-refractivity contribution in [1.82, 2.24) is 19.8 Å². The van der Waals surface area contributed by atoms with E-state index < -0.39 is 0 Å². The first kappa shape index (κ1) is 10.5. The van der Waals surface area contributed by atoms with E-state index in [0.717, 1.165) is 22.2 Å². The van der Waals surface area contributed by atoms with Gasteiger partial charge in [0.2, 0.25) is 0 Å². The molecule has 0 saturated carbocycles. The fraction of sp³-hybridized carbons (Fsp3) is 0.500. The van der Waals surface area contributed by atoms with Gasteiger partial charge in [-0.1, -0.05) is 13.8 Å². The van der Waals surface area contributed by atoms with Crippen LogP contribution in [0.3, 0.4) is 0 Å². The van der Waals surface area contributed by atoms with Crippen LogP contribution in [0, 0.1) is 12.8 Å². The van der Waals surface area contributed by atoms with Gasteiger partial charge in [0, 0.05) is 10.0 Å². The Bertz CT molecular complexity index is 489. The van der Waals surface area contributed by atoms with Crippen molar-refractivity contribution < 1.29 is 0 Å². The lowest BCUT2D eigenvalue weighted by molar-refractivity contribution is 0.642. The molecule has 0 spiro atoms. The van der Waals surface area contributed by atoms with E-state index in [-0.39, 0.29) is 0 Å². The van der Waals surface area contributed by atoms with Crippen LogP contribution in [0.25, 0.3) is 5.65 Å². The average molecular weight is 269 g/mol. The Labute approximate surface area is 96.8 Å². The first-order valence-corrected chi connectivity index (χ1v) is 5.74.